The summed E-state index contributed by atoms with van der Waals surface area (Å²) in [4.78, 5) is 28.6. The molecule has 0 unspecified atom stereocenters. The van der Waals surface area contributed by atoms with Gasteiger partial charge >= 0.3 is 6.03 Å². The normalized spacial score (nSPS) is 13.4. The molecule has 210 valence electrons. The Kier molecular flexibility index (Phi) is 9.63. The van der Waals surface area contributed by atoms with Crippen molar-refractivity contribution in [2.24, 2.45) is 0 Å². The van der Waals surface area contributed by atoms with Gasteiger partial charge in [-0.3, -0.25) is 4.79 Å². The van der Waals surface area contributed by atoms with Crippen molar-refractivity contribution in [2.75, 3.05) is 36.8 Å². The number of nitrogens with zero attached hydrogens (tertiary/aromatic N) is 1. The van der Waals surface area contributed by atoms with Crippen molar-refractivity contribution < 1.29 is 14.3 Å². The summed E-state index contributed by atoms with van der Waals surface area (Å²) in [5.74, 6) is 0.191. The van der Waals surface area contributed by atoms with Crippen molar-refractivity contribution in [1.29, 1.82) is 0 Å². The lowest BCUT2D eigenvalue weighted by atomic mass is 10.0. The Bertz CT molecular complexity index is 1370. The zero-order chi connectivity index (χ0) is 28.3. The molecule has 1 aliphatic rings. The van der Waals surface area contributed by atoms with Crippen LogP contribution in [0.1, 0.15) is 46.9 Å². The van der Waals surface area contributed by atoms with Crippen LogP contribution in [0.2, 0.25) is 0 Å². The minimum Gasteiger partial charge on any atom is -0.480 e. The Morgan fingerprint density at radius 3 is 1.93 bits per heavy atom. The topological polar surface area (TPSA) is 82.7 Å². The number of amides is 3. The average molecular weight is 549 g/mol. The Morgan fingerprint density at radius 1 is 0.707 bits per heavy atom. The van der Waals surface area contributed by atoms with Crippen LogP contribution in [-0.4, -0.2) is 43.0 Å². The van der Waals surface area contributed by atoms with Crippen LogP contribution < -0.4 is 20.7 Å². The molecule has 0 spiro atoms. The van der Waals surface area contributed by atoms with Crippen molar-refractivity contribution in [3.63, 3.8) is 0 Å². The molecule has 7 heteroatoms. The highest BCUT2D eigenvalue weighted by Crippen LogP contribution is 2.32. The molecule has 1 saturated heterocycles. The third kappa shape index (κ3) is 7.96. The van der Waals surface area contributed by atoms with E-state index in [2.05, 4.69) is 20.9 Å². The monoisotopic (exact) mass is 548 g/mol. The molecule has 0 saturated carbocycles. The number of piperidine rings is 1. The van der Waals surface area contributed by atoms with Crippen molar-refractivity contribution in [2.45, 2.75) is 25.4 Å². The second-order valence-corrected chi connectivity index (χ2v) is 10.1. The Hall–Kier alpha value is -4.62. The molecule has 41 heavy (non-hydrogen) atoms. The fraction of sp³-hybridized carbons (Fsp3) is 0.235. The number of benzene rings is 4. The summed E-state index contributed by atoms with van der Waals surface area (Å²) in [6.45, 7) is 3.47. The van der Waals surface area contributed by atoms with E-state index < -0.39 is 12.1 Å². The highest BCUT2D eigenvalue weighted by atomic mass is 16.5. The first-order valence-electron chi connectivity index (χ1n) is 14.2. The molecule has 4 aromatic rings. The first-order valence-corrected chi connectivity index (χ1v) is 14.2. The van der Waals surface area contributed by atoms with Gasteiger partial charge in [-0.1, -0.05) is 85.3 Å². The van der Waals surface area contributed by atoms with E-state index in [1.54, 1.807) is 18.2 Å². The van der Waals surface area contributed by atoms with E-state index in [4.69, 9.17) is 4.74 Å². The number of nitrogens with one attached hydrogen (secondary N) is 3. The molecular formula is C34H36N4O3. The third-order valence-electron chi connectivity index (χ3n) is 7.13. The largest absolute Gasteiger partial charge is 0.480 e. The van der Waals surface area contributed by atoms with Crippen molar-refractivity contribution in [3.8, 4) is 5.75 Å². The van der Waals surface area contributed by atoms with E-state index in [1.165, 1.54) is 19.3 Å². The summed E-state index contributed by atoms with van der Waals surface area (Å²) in [6.07, 6.45) is 3.25. The lowest BCUT2D eigenvalue weighted by Crippen LogP contribution is -2.37. The van der Waals surface area contributed by atoms with Gasteiger partial charge in [-0.25, -0.2) is 4.79 Å². The highest BCUT2D eigenvalue weighted by Gasteiger charge is 2.21. The van der Waals surface area contributed by atoms with Crippen LogP contribution in [0, 0.1) is 0 Å². The molecule has 1 fully saturated rings. The minimum atomic E-state index is -0.419. The van der Waals surface area contributed by atoms with Gasteiger partial charge in [0.25, 0.3) is 5.91 Å². The zero-order valence-electron chi connectivity index (χ0n) is 23.1. The number of hydrogen-bond donors (Lipinski definition) is 3. The van der Waals surface area contributed by atoms with Crippen LogP contribution >= 0.6 is 0 Å². The maximum atomic E-state index is 13.6. The molecule has 7 nitrogen and oxygen atoms in total. The van der Waals surface area contributed by atoms with E-state index >= 15 is 0 Å². The fourth-order valence-corrected chi connectivity index (χ4v) is 5.02. The van der Waals surface area contributed by atoms with E-state index in [0.717, 1.165) is 30.8 Å². The van der Waals surface area contributed by atoms with Gasteiger partial charge in [0, 0.05) is 24.5 Å². The number of urea groups is 1. The minimum absolute atomic E-state index is 0.246. The number of para-hydroxylation sites is 1. The standard InChI is InChI=1S/C34H36N4O3/c39-33(35-21-24-38-22-11-4-12-23-38)30-25-29(37-34(40)36-28-17-9-3-10-18-28)19-20-31(30)41-32(26-13-5-1-6-14-26)27-15-7-2-8-16-27/h1-3,5-10,13-20,25,32H,4,11-12,21-24H2,(H,35,39)(H2,36,37,40). The van der Waals surface area contributed by atoms with Gasteiger partial charge in [0.15, 0.2) is 0 Å². The first-order chi connectivity index (χ1) is 20.2. The van der Waals surface area contributed by atoms with Crippen molar-refractivity contribution in [1.82, 2.24) is 10.2 Å². The molecule has 5 rings (SSSR count). The van der Waals surface area contributed by atoms with Crippen LogP contribution in [0.4, 0.5) is 16.2 Å². The van der Waals surface area contributed by atoms with Gasteiger partial charge in [0.1, 0.15) is 11.9 Å². The molecule has 1 aliphatic heterocycles. The van der Waals surface area contributed by atoms with Crippen molar-refractivity contribution >= 4 is 23.3 Å². The average Bonchev–Trinajstić information content (AvgIpc) is 3.02. The molecule has 3 amide bonds. The summed E-state index contributed by atoms with van der Waals surface area (Å²) in [5, 5.41) is 8.73. The molecule has 1 heterocycles. The molecule has 4 aromatic carbocycles. The first kappa shape index (κ1) is 27.9. The number of carbonyl (C=O) groups is 2. The lowest BCUT2D eigenvalue weighted by molar-refractivity contribution is 0.0940. The van der Waals surface area contributed by atoms with E-state index in [1.807, 2.05) is 91.0 Å². The Labute approximate surface area is 241 Å². The Morgan fingerprint density at radius 2 is 1.29 bits per heavy atom. The van der Waals surface area contributed by atoms with Crippen LogP contribution in [0.15, 0.2) is 109 Å². The summed E-state index contributed by atoms with van der Waals surface area (Å²) in [7, 11) is 0. The maximum absolute atomic E-state index is 13.6. The van der Waals surface area contributed by atoms with Crippen LogP contribution in [0.3, 0.4) is 0 Å². The molecule has 3 N–H and O–H groups in total. The molecule has 0 bridgehead atoms. The SMILES string of the molecule is O=C(Nc1ccccc1)Nc1ccc(OC(c2ccccc2)c2ccccc2)c(C(=O)NCCN2CCCCC2)c1. The number of anilines is 2. The van der Waals surface area contributed by atoms with E-state index in [-0.39, 0.29) is 5.91 Å². The molecule has 0 radical (unpaired) electrons. The van der Waals surface area contributed by atoms with E-state index in [0.29, 0.717) is 29.2 Å². The molecule has 0 aromatic heterocycles. The molecular weight excluding hydrogens is 512 g/mol. The van der Waals surface area contributed by atoms with Crippen molar-refractivity contribution in [3.05, 3.63) is 126 Å². The summed E-state index contributed by atoms with van der Waals surface area (Å²) in [6, 6.07) is 33.9. The van der Waals surface area contributed by atoms with Gasteiger partial charge in [0.2, 0.25) is 0 Å². The zero-order valence-corrected chi connectivity index (χ0v) is 23.1. The lowest BCUT2D eigenvalue weighted by Gasteiger charge is -2.26. The third-order valence-corrected chi connectivity index (χ3v) is 7.13. The summed E-state index contributed by atoms with van der Waals surface area (Å²) in [5.41, 5.74) is 3.47. The van der Waals surface area contributed by atoms with Gasteiger partial charge in [0.05, 0.1) is 5.56 Å². The van der Waals surface area contributed by atoms with Crippen LogP contribution in [0.25, 0.3) is 0 Å². The van der Waals surface area contributed by atoms with E-state index in [9.17, 15) is 9.59 Å². The predicted molar refractivity (Wildman–Crippen MR) is 164 cm³/mol. The van der Waals surface area contributed by atoms with Gasteiger partial charge in [-0.05, 0) is 67.4 Å². The number of carbonyl (C=O) groups excluding carboxylic acids is 2. The smallest absolute Gasteiger partial charge is 0.323 e. The Balaban J connectivity index is 1.38. The van der Waals surface area contributed by atoms with Gasteiger partial charge < -0.3 is 25.6 Å². The number of ether oxygens (including phenoxy) is 1. The molecule has 0 aliphatic carbocycles. The summed E-state index contributed by atoms with van der Waals surface area (Å²) >= 11 is 0. The second kappa shape index (κ2) is 14.1. The number of likely N-dealkylation sites (tertiary alicyclic amines) is 1. The molecule has 0 atom stereocenters. The van der Waals surface area contributed by atoms with Gasteiger partial charge in [-0.2, -0.15) is 0 Å². The van der Waals surface area contributed by atoms with Crippen LogP contribution in [-0.2, 0) is 0 Å². The fourth-order valence-electron chi connectivity index (χ4n) is 5.02. The second-order valence-electron chi connectivity index (χ2n) is 10.1. The quantitative estimate of drug-likeness (QED) is 0.206. The summed E-state index contributed by atoms with van der Waals surface area (Å²) < 4.78 is 6.59. The van der Waals surface area contributed by atoms with Gasteiger partial charge in [-0.15, -0.1) is 0 Å². The predicted octanol–water partition coefficient (Wildman–Crippen LogP) is 6.71. The van der Waals surface area contributed by atoms with Crippen LogP contribution in [0.5, 0.6) is 5.75 Å². The number of hydrogen-bond acceptors (Lipinski definition) is 4. The maximum Gasteiger partial charge on any atom is 0.323 e. The highest BCUT2D eigenvalue weighted by molar-refractivity contribution is 6.02. The number of rotatable bonds is 10.